The van der Waals surface area contributed by atoms with Crippen molar-refractivity contribution in [3.63, 3.8) is 0 Å². The molecular formula is C16H15N3O5. The molecular weight excluding hydrogens is 314 g/mol. The molecule has 1 fully saturated rings. The standard InChI is InChI=1S/C16H15N3O5/c20-15(19-6-7-23-13(10-19)16(21)22)11-2-1-3-12(8-11)24-14-9-17-4-5-18-14/h1-5,8-9,13H,6-7,10H2,(H,21,22)/t13-/m0/s1. The fourth-order valence-corrected chi connectivity index (χ4v) is 2.32. The molecule has 0 spiro atoms. The Bertz CT molecular complexity index is 738. The lowest BCUT2D eigenvalue weighted by molar-refractivity contribution is -0.154. The van der Waals surface area contributed by atoms with Crippen LogP contribution in [0.15, 0.2) is 42.9 Å². The molecule has 1 aromatic heterocycles. The Labute approximate surface area is 137 Å². The zero-order valence-electron chi connectivity index (χ0n) is 12.7. The molecule has 0 bridgehead atoms. The summed E-state index contributed by atoms with van der Waals surface area (Å²) >= 11 is 0. The molecule has 1 saturated heterocycles. The van der Waals surface area contributed by atoms with Gasteiger partial charge in [-0.2, -0.15) is 0 Å². The van der Waals surface area contributed by atoms with Gasteiger partial charge in [0.25, 0.3) is 5.91 Å². The van der Waals surface area contributed by atoms with Gasteiger partial charge in [-0.3, -0.25) is 9.78 Å². The number of benzene rings is 1. The number of hydrogen-bond acceptors (Lipinski definition) is 6. The maximum absolute atomic E-state index is 12.6. The lowest BCUT2D eigenvalue weighted by Gasteiger charge is -2.31. The fraction of sp³-hybridized carbons (Fsp3) is 0.250. The van der Waals surface area contributed by atoms with E-state index in [9.17, 15) is 9.59 Å². The number of nitrogens with zero attached hydrogens (tertiary/aromatic N) is 3. The monoisotopic (exact) mass is 329 g/mol. The van der Waals surface area contributed by atoms with Gasteiger partial charge >= 0.3 is 5.97 Å². The predicted octanol–water partition coefficient (Wildman–Crippen LogP) is 1.19. The molecule has 1 aromatic carbocycles. The molecule has 1 aliphatic rings. The highest BCUT2D eigenvalue weighted by Gasteiger charge is 2.29. The van der Waals surface area contributed by atoms with Gasteiger partial charge in [-0.15, -0.1) is 0 Å². The molecule has 24 heavy (non-hydrogen) atoms. The number of rotatable bonds is 4. The summed E-state index contributed by atoms with van der Waals surface area (Å²) in [4.78, 5) is 33.0. The maximum atomic E-state index is 12.6. The molecule has 0 aliphatic carbocycles. The summed E-state index contributed by atoms with van der Waals surface area (Å²) in [5, 5.41) is 9.02. The Morgan fingerprint density at radius 2 is 2.21 bits per heavy atom. The van der Waals surface area contributed by atoms with Crippen LogP contribution in [0.4, 0.5) is 0 Å². The van der Waals surface area contributed by atoms with Crippen molar-refractivity contribution in [2.24, 2.45) is 0 Å². The van der Waals surface area contributed by atoms with E-state index >= 15 is 0 Å². The van der Waals surface area contributed by atoms with E-state index in [1.165, 1.54) is 23.5 Å². The largest absolute Gasteiger partial charge is 0.479 e. The summed E-state index contributed by atoms with van der Waals surface area (Å²) < 4.78 is 10.7. The van der Waals surface area contributed by atoms with Gasteiger partial charge in [-0.25, -0.2) is 9.78 Å². The minimum atomic E-state index is -1.08. The lowest BCUT2D eigenvalue weighted by Crippen LogP contribution is -2.48. The number of carbonyl (C=O) groups is 2. The van der Waals surface area contributed by atoms with E-state index in [0.29, 0.717) is 23.7 Å². The van der Waals surface area contributed by atoms with E-state index in [4.69, 9.17) is 14.6 Å². The molecule has 8 nitrogen and oxygen atoms in total. The van der Waals surface area contributed by atoms with Gasteiger partial charge in [0.05, 0.1) is 19.3 Å². The van der Waals surface area contributed by atoms with Gasteiger partial charge in [0.1, 0.15) is 5.75 Å². The first kappa shape index (κ1) is 15.9. The second-order valence-corrected chi connectivity index (χ2v) is 5.12. The van der Waals surface area contributed by atoms with E-state index in [1.54, 1.807) is 24.3 Å². The molecule has 0 unspecified atom stereocenters. The molecule has 2 aromatic rings. The van der Waals surface area contributed by atoms with Crippen LogP contribution >= 0.6 is 0 Å². The summed E-state index contributed by atoms with van der Waals surface area (Å²) in [5.74, 6) is -0.579. The number of carboxylic acid groups (broad SMARTS) is 1. The van der Waals surface area contributed by atoms with E-state index in [0.717, 1.165) is 0 Å². The first-order chi connectivity index (χ1) is 11.6. The molecule has 1 N–H and O–H groups in total. The molecule has 0 saturated carbocycles. The Kier molecular flexibility index (Phi) is 4.66. The third-order valence-electron chi connectivity index (χ3n) is 3.47. The van der Waals surface area contributed by atoms with Gasteiger partial charge in [0.2, 0.25) is 5.88 Å². The Hall–Kier alpha value is -3.00. The van der Waals surface area contributed by atoms with Gasteiger partial charge in [-0.05, 0) is 18.2 Å². The first-order valence-corrected chi connectivity index (χ1v) is 7.31. The SMILES string of the molecule is O=C(O)[C@@H]1CN(C(=O)c2cccc(Oc3cnccn3)c2)CCO1. The quantitative estimate of drug-likeness (QED) is 0.899. The molecule has 2 heterocycles. The zero-order chi connectivity index (χ0) is 16.9. The van der Waals surface area contributed by atoms with Crippen LogP contribution in [0.2, 0.25) is 0 Å². The summed E-state index contributed by atoms with van der Waals surface area (Å²) in [5.41, 5.74) is 0.405. The van der Waals surface area contributed by atoms with Crippen LogP contribution in [0.25, 0.3) is 0 Å². The number of aliphatic carboxylic acids is 1. The molecule has 1 aliphatic heterocycles. The van der Waals surface area contributed by atoms with Crippen molar-refractivity contribution in [3.05, 3.63) is 48.4 Å². The molecule has 3 rings (SSSR count). The lowest BCUT2D eigenvalue weighted by atomic mass is 10.1. The smallest absolute Gasteiger partial charge is 0.334 e. The van der Waals surface area contributed by atoms with Crippen LogP contribution < -0.4 is 4.74 Å². The van der Waals surface area contributed by atoms with Gasteiger partial charge in [0, 0.05) is 24.5 Å². The number of morpholine rings is 1. The van der Waals surface area contributed by atoms with Crippen LogP contribution in [0, 0.1) is 0 Å². The molecule has 124 valence electrons. The van der Waals surface area contributed by atoms with Crippen LogP contribution in [0.5, 0.6) is 11.6 Å². The summed E-state index contributed by atoms with van der Waals surface area (Å²) in [7, 11) is 0. The van der Waals surface area contributed by atoms with Gasteiger partial charge in [-0.1, -0.05) is 6.07 Å². The van der Waals surface area contributed by atoms with E-state index in [1.807, 2.05) is 0 Å². The molecule has 1 amide bonds. The van der Waals surface area contributed by atoms with E-state index in [2.05, 4.69) is 9.97 Å². The highest BCUT2D eigenvalue weighted by molar-refractivity contribution is 5.95. The van der Waals surface area contributed by atoms with Crippen molar-refractivity contribution in [1.82, 2.24) is 14.9 Å². The highest BCUT2D eigenvalue weighted by Crippen LogP contribution is 2.21. The summed E-state index contributed by atoms with van der Waals surface area (Å²) in [6, 6.07) is 6.62. The second kappa shape index (κ2) is 7.05. The average Bonchev–Trinajstić information content (AvgIpc) is 2.62. The van der Waals surface area contributed by atoms with Crippen molar-refractivity contribution >= 4 is 11.9 Å². The molecule has 0 radical (unpaired) electrons. The molecule has 8 heteroatoms. The number of carboxylic acids is 1. The van der Waals surface area contributed by atoms with Crippen molar-refractivity contribution in [2.75, 3.05) is 19.7 Å². The summed E-state index contributed by atoms with van der Waals surface area (Å²) in [6.45, 7) is 0.555. The van der Waals surface area contributed by atoms with Crippen molar-refractivity contribution in [1.29, 1.82) is 0 Å². The van der Waals surface area contributed by atoms with Crippen LogP contribution in [0.1, 0.15) is 10.4 Å². The normalized spacial score (nSPS) is 17.3. The Morgan fingerprint density at radius 1 is 1.33 bits per heavy atom. The average molecular weight is 329 g/mol. The minimum Gasteiger partial charge on any atom is -0.479 e. The maximum Gasteiger partial charge on any atom is 0.334 e. The predicted molar refractivity (Wildman–Crippen MR) is 81.8 cm³/mol. The van der Waals surface area contributed by atoms with Crippen LogP contribution in [0.3, 0.4) is 0 Å². The third-order valence-corrected chi connectivity index (χ3v) is 3.47. The van der Waals surface area contributed by atoms with Gasteiger partial charge in [0.15, 0.2) is 6.10 Å². The first-order valence-electron chi connectivity index (χ1n) is 7.31. The second-order valence-electron chi connectivity index (χ2n) is 5.12. The third kappa shape index (κ3) is 3.66. The van der Waals surface area contributed by atoms with Crippen LogP contribution in [-0.4, -0.2) is 57.7 Å². The van der Waals surface area contributed by atoms with Crippen molar-refractivity contribution in [2.45, 2.75) is 6.10 Å². The fourth-order valence-electron chi connectivity index (χ4n) is 2.32. The minimum absolute atomic E-state index is 0.0173. The number of carbonyl (C=O) groups excluding carboxylic acids is 1. The van der Waals surface area contributed by atoms with Crippen molar-refractivity contribution < 1.29 is 24.2 Å². The van der Waals surface area contributed by atoms with Crippen molar-refractivity contribution in [3.8, 4) is 11.6 Å². The number of hydrogen-bond donors (Lipinski definition) is 1. The highest BCUT2D eigenvalue weighted by atomic mass is 16.5. The topological polar surface area (TPSA) is 102 Å². The zero-order valence-corrected chi connectivity index (χ0v) is 12.7. The Morgan fingerprint density at radius 3 is 2.96 bits per heavy atom. The summed E-state index contributed by atoms with van der Waals surface area (Å²) in [6.07, 6.45) is 3.50. The molecule has 1 atom stereocenters. The van der Waals surface area contributed by atoms with E-state index < -0.39 is 12.1 Å². The van der Waals surface area contributed by atoms with Gasteiger partial charge < -0.3 is 19.5 Å². The Balaban J connectivity index is 1.73. The number of amides is 1. The number of aromatic nitrogens is 2. The van der Waals surface area contributed by atoms with E-state index in [-0.39, 0.29) is 19.1 Å². The number of ether oxygens (including phenoxy) is 2. The van der Waals surface area contributed by atoms with Crippen LogP contribution in [-0.2, 0) is 9.53 Å².